The minimum Gasteiger partial charge on any atom is -0.396 e. The van der Waals surface area contributed by atoms with Crippen LogP contribution in [0.3, 0.4) is 0 Å². The van der Waals surface area contributed by atoms with Gasteiger partial charge in [0.25, 0.3) is 0 Å². The second-order valence-electron chi connectivity index (χ2n) is 4.36. The maximum absolute atomic E-state index is 9.38. The van der Waals surface area contributed by atoms with E-state index in [0.29, 0.717) is 12.5 Å². The monoisotopic (exact) mass is 242 g/mol. The summed E-state index contributed by atoms with van der Waals surface area (Å²) in [4.78, 5) is 2.37. The Kier molecular flexibility index (Phi) is 5.70. The molecule has 0 amide bonds. The number of hydrogen-bond acceptors (Lipinski definition) is 3. The molecule has 0 aliphatic carbocycles. The van der Waals surface area contributed by atoms with Crippen molar-refractivity contribution in [2.75, 3.05) is 39.8 Å². The van der Waals surface area contributed by atoms with Crippen LogP contribution in [0.1, 0.15) is 6.42 Å². The third-order valence-corrected chi connectivity index (χ3v) is 3.57. The van der Waals surface area contributed by atoms with Crippen molar-refractivity contribution >= 4 is 24.8 Å². The van der Waals surface area contributed by atoms with Crippen LogP contribution in [-0.4, -0.2) is 49.8 Å². The second-order valence-corrected chi connectivity index (χ2v) is 4.36. The standard InChI is InChI=1S/C9H18N2O.2ClH/c1-11-3-2-9(7-12)6-10-4-8(9)5-11;;/h8,10,12H,2-7H2,1H3;2*1H. The Hall–Kier alpha value is 0.460. The van der Waals surface area contributed by atoms with Gasteiger partial charge in [0.15, 0.2) is 0 Å². The smallest absolute Gasteiger partial charge is 0.0503 e. The third kappa shape index (κ3) is 2.34. The fourth-order valence-corrected chi connectivity index (χ4v) is 2.55. The molecule has 2 heterocycles. The first kappa shape index (κ1) is 14.5. The Bertz CT molecular complexity index is 182. The quantitative estimate of drug-likeness (QED) is 0.698. The van der Waals surface area contributed by atoms with Gasteiger partial charge in [-0.15, -0.1) is 24.8 Å². The molecule has 0 bridgehead atoms. The molecule has 2 aliphatic heterocycles. The molecule has 0 aromatic carbocycles. The maximum atomic E-state index is 9.38. The molecule has 2 unspecified atom stereocenters. The number of piperidine rings is 1. The molecule has 2 atom stereocenters. The van der Waals surface area contributed by atoms with Crippen molar-refractivity contribution in [3.63, 3.8) is 0 Å². The summed E-state index contributed by atoms with van der Waals surface area (Å²) in [6, 6.07) is 0. The maximum Gasteiger partial charge on any atom is 0.0503 e. The average molecular weight is 243 g/mol. The van der Waals surface area contributed by atoms with Gasteiger partial charge in [0, 0.05) is 18.5 Å². The molecule has 0 aromatic heterocycles. The summed E-state index contributed by atoms with van der Waals surface area (Å²) in [5.74, 6) is 0.668. The number of aliphatic hydroxyl groups is 1. The minimum absolute atomic E-state index is 0. The molecule has 0 saturated carbocycles. The van der Waals surface area contributed by atoms with Gasteiger partial charge in [0.2, 0.25) is 0 Å². The van der Waals surface area contributed by atoms with E-state index >= 15 is 0 Å². The highest BCUT2D eigenvalue weighted by atomic mass is 35.5. The van der Waals surface area contributed by atoms with Gasteiger partial charge < -0.3 is 15.3 Å². The first-order chi connectivity index (χ1) is 5.77. The van der Waals surface area contributed by atoms with Crippen LogP contribution in [0.4, 0.5) is 0 Å². The number of aliphatic hydroxyl groups excluding tert-OH is 1. The lowest BCUT2D eigenvalue weighted by molar-refractivity contribution is 0.0301. The highest BCUT2D eigenvalue weighted by molar-refractivity contribution is 5.85. The van der Waals surface area contributed by atoms with Crippen molar-refractivity contribution in [1.29, 1.82) is 0 Å². The second kappa shape index (κ2) is 5.52. The van der Waals surface area contributed by atoms with Gasteiger partial charge in [0.1, 0.15) is 0 Å². The SMILES string of the molecule is CN1CCC2(CO)CNCC2C1.Cl.Cl. The number of hydrogen-bond donors (Lipinski definition) is 2. The Morgan fingerprint density at radius 3 is 2.86 bits per heavy atom. The lowest BCUT2D eigenvalue weighted by Crippen LogP contribution is -2.47. The van der Waals surface area contributed by atoms with Crippen LogP contribution < -0.4 is 5.32 Å². The molecule has 5 heteroatoms. The molecule has 0 radical (unpaired) electrons. The number of fused-ring (bicyclic) bond motifs is 1. The predicted molar refractivity (Wildman–Crippen MR) is 62.5 cm³/mol. The lowest BCUT2D eigenvalue weighted by atomic mass is 9.73. The third-order valence-electron chi connectivity index (χ3n) is 3.57. The van der Waals surface area contributed by atoms with Gasteiger partial charge in [-0.3, -0.25) is 0 Å². The van der Waals surface area contributed by atoms with Crippen LogP contribution in [0.25, 0.3) is 0 Å². The number of likely N-dealkylation sites (tertiary alicyclic amines) is 1. The summed E-state index contributed by atoms with van der Waals surface area (Å²) in [5.41, 5.74) is 0.215. The Morgan fingerprint density at radius 1 is 1.50 bits per heavy atom. The molecular formula is C9H20Cl2N2O. The fourth-order valence-electron chi connectivity index (χ4n) is 2.55. The van der Waals surface area contributed by atoms with Gasteiger partial charge in [-0.25, -0.2) is 0 Å². The molecule has 3 nitrogen and oxygen atoms in total. The van der Waals surface area contributed by atoms with E-state index in [4.69, 9.17) is 0 Å². The molecule has 2 fully saturated rings. The molecule has 14 heavy (non-hydrogen) atoms. The number of rotatable bonds is 1. The van der Waals surface area contributed by atoms with E-state index in [2.05, 4.69) is 17.3 Å². The molecule has 2 aliphatic rings. The summed E-state index contributed by atoms with van der Waals surface area (Å²) in [5, 5.41) is 12.8. The van der Waals surface area contributed by atoms with Crippen molar-refractivity contribution < 1.29 is 5.11 Å². The van der Waals surface area contributed by atoms with E-state index in [1.807, 2.05) is 0 Å². The summed E-state index contributed by atoms with van der Waals surface area (Å²) in [6.45, 7) is 4.75. The van der Waals surface area contributed by atoms with E-state index in [9.17, 15) is 5.11 Å². The van der Waals surface area contributed by atoms with Crippen LogP contribution >= 0.6 is 24.8 Å². The van der Waals surface area contributed by atoms with E-state index in [-0.39, 0.29) is 30.2 Å². The Morgan fingerprint density at radius 2 is 2.21 bits per heavy atom. The van der Waals surface area contributed by atoms with Crippen molar-refractivity contribution in [3.8, 4) is 0 Å². The summed E-state index contributed by atoms with van der Waals surface area (Å²) >= 11 is 0. The van der Waals surface area contributed by atoms with Gasteiger partial charge in [-0.1, -0.05) is 0 Å². The summed E-state index contributed by atoms with van der Waals surface area (Å²) < 4.78 is 0. The average Bonchev–Trinajstić information content (AvgIpc) is 2.48. The van der Waals surface area contributed by atoms with Crippen LogP contribution in [0.2, 0.25) is 0 Å². The topological polar surface area (TPSA) is 35.5 Å². The molecule has 2 rings (SSSR count). The first-order valence-corrected chi connectivity index (χ1v) is 4.77. The summed E-state index contributed by atoms with van der Waals surface area (Å²) in [6.07, 6.45) is 1.15. The normalized spacial score (nSPS) is 36.9. The highest BCUT2D eigenvalue weighted by Crippen LogP contribution is 2.38. The predicted octanol–water partition coefficient (Wildman–Crippen LogP) is 0.364. The van der Waals surface area contributed by atoms with E-state index < -0.39 is 0 Å². The molecule has 2 N–H and O–H groups in total. The van der Waals surface area contributed by atoms with E-state index in [1.165, 1.54) is 0 Å². The van der Waals surface area contributed by atoms with Gasteiger partial charge in [-0.05, 0) is 32.5 Å². The molecule has 86 valence electrons. The van der Waals surface area contributed by atoms with Gasteiger partial charge in [0.05, 0.1) is 6.61 Å². The first-order valence-electron chi connectivity index (χ1n) is 4.77. The molecule has 0 spiro atoms. The van der Waals surface area contributed by atoms with Crippen LogP contribution in [-0.2, 0) is 0 Å². The zero-order valence-electron chi connectivity index (χ0n) is 8.53. The largest absolute Gasteiger partial charge is 0.396 e. The Balaban J connectivity index is 0.000000845. The number of halogens is 2. The zero-order valence-corrected chi connectivity index (χ0v) is 10.2. The van der Waals surface area contributed by atoms with Crippen LogP contribution in [0.15, 0.2) is 0 Å². The number of nitrogens with one attached hydrogen (secondary N) is 1. The van der Waals surface area contributed by atoms with Crippen molar-refractivity contribution in [3.05, 3.63) is 0 Å². The summed E-state index contributed by atoms with van der Waals surface area (Å²) in [7, 11) is 2.17. The number of nitrogens with zero attached hydrogens (tertiary/aromatic N) is 1. The fraction of sp³-hybridized carbons (Fsp3) is 1.00. The molecule has 0 aromatic rings. The zero-order chi connectivity index (χ0) is 8.60. The van der Waals surface area contributed by atoms with Crippen LogP contribution in [0.5, 0.6) is 0 Å². The highest BCUT2D eigenvalue weighted by Gasteiger charge is 2.44. The van der Waals surface area contributed by atoms with E-state index in [0.717, 1.165) is 32.6 Å². The van der Waals surface area contributed by atoms with Crippen molar-refractivity contribution in [2.24, 2.45) is 11.3 Å². The lowest BCUT2D eigenvalue weighted by Gasteiger charge is -2.41. The van der Waals surface area contributed by atoms with E-state index in [1.54, 1.807) is 0 Å². The minimum atomic E-state index is 0. The molecule has 2 saturated heterocycles. The van der Waals surface area contributed by atoms with Gasteiger partial charge >= 0.3 is 0 Å². The van der Waals surface area contributed by atoms with Crippen molar-refractivity contribution in [2.45, 2.75) is 6.42 Å². The van der Waals surface area contributed by atoms with Crippen LogP contribution in [0, 0.1) is 11.3 Å². The van der Waals surface area contributed by atoms with Crippen molar-refractivity contribution in [1.82, 2.24) is 10.2 Å². The Labute approximate surface area is 98.1 Å². The molecular weight excluding hydrogens is 223 g/mol. The van der Waals surface area contributed by atoms with Gasteiger partial charge in [-0.2, -0.15) is 0 Å².